The number of amides is 2. The van der Waals surface area contributed by atoms with Crippen molar-refractivity contribution >= 4 is 28.5 Å². The second kappa shape index (κ2) is 6.08. The van der Waals surface area contributed by atoms with Crippen molar-refractivity contribution in [3.05, 3.63) is 74.3 Å². The predicted octanol–water partition coefficient (Wildman–Crippen LogP) is 0.711. The van der Waals surface area contributed by atoms with Crippen LogP contribution in [0.5, 0.6) is 0 Å². The average molecular weight is 338 g/mol. The number of anilines is 1. The first-order chi connectivity index (χ1) is 11.9. The van der Waals surface area contributed by atoms with Crippen molar-refractivity contribution < 1.29 is 9.59 Å². The van der Waals surface area contributed by atoms with Crippen molar-refractivity contribution in [1.29, 1.82) is 0 Å². The number of rotatable bonds is 2. The molecular formula is C17H14N4O4. The summed E-state index contributed by atoms with van der Waals surface area (Å²) in [5.74, 6) is -1.03. The molecule has 0 unspecified atom stereocenters. The summed E-state index contributed by atoms with van der Waals surface area (Å²) in [6.07, 6.45) is 0. The maximum Gasteiger partial charge on any atom is 0.314 e. The molecule has 1 aromatic heterocycles. The van der Waals surface area contributed by atoms with Crippen molar-refractivity contribution in [2.75, 3.05) is 12.8 Å². The third-order valence-corrected chi connectivity index (χ3v) is 3.74. The summed E-state index contributed by atoms with van der Waals surface area (Å²) in [5, 5.41) is 0. The Bertz CT molecular complexity index is 1100. The molecule has 8 nitrogen and oxygen atoms in total. The van der Waals surface area contributed by atoms with Gasteiger partial charge in [0.1, 0.15) is 0 Å². The summed E-state index contributed by atoms with van der Waals surface area (Å²) in [6.45, 7) is 0. The van der Waals surface area contributed by atoms with Crippen LogP contribution in [-0.4, -0.2) is 33.7 Å². The number of H-pyrrole nitrogens is 2. The molecule has 3 rings (SSSR count). The van der Waals surface area contributed by atoms with Gasteiger partial charge in [0.15, 0.2) is 0 Å². The summed E-state index contributed by atoms with van der Waals surface area (Å²) < 4.78 is 0. The van der Waals surface area contributed by atoms with Gasteiger partial charge < -0.3 is 15.7 Å². The van der Waals surface area contributed by atoms with E-state index >= 15 is 0 Å². The molecule has 0 aliphatic carbocycles. The molecule has 0 atom stereocenters. The number of nitrogens with two attached hydrogens (primary N) is 1. The lowest BCUT2D eigenvalue weighted by molar-refractivity contribution is 0.0656. The van der Waals surface area contributed by atoms with Gasteiger partial charge in [-0.15, -0.1) is 0 Å². The molecule has 0 bridgehead atoms. The SMILES string of the molecule is CN(C(=O)c1ccc(N)cc1)C(=O)c1ccc2[nH]c(=O)c(=O)[nH]c2c1. The van der Waals surface area contributed by atoms with Crippen molar-refractivity contribution in [1.82, 2.24) is 14.9 Å². The van der Waals surface area contributed by atoms with Crippen molar-refractivity contribution in [3.8, 4) is 0 Å². The Labute approximate surface area is 140 Å². The highest BCUT2D eigenvalue weighted by molar-refractivity contribution is 6.10. The Balaban J connectivity index is 1.94. The van der Waals surface area contributed by atoms with Crippen molar-refractivity contribution in [3.63, 3.8) is 0 Å². The monoisotopic (exact) mass is 338 g/mol. The molecular weight excluding hydrogens is 324 g/mol. The molecule has 0 saturated heterocycles. The molecule has 4 N–H and O–H groups in total. The Hall–Kier alpha value is -3.68. The molecule has 1 heterocycles. The fraction of sp³-hybridized carbons (Fsp3) is 0.0588. The van der Waals surface area contributed by atoms with E-state index in [9.17, 15) is 19.2 Å². The lowest BCUT2D eigenvalue weighted by Gasteiger charge is -2.16. The van der Waals surface area contributed by atoms with Gasteiger partial charge in [-0.3, -0.25) is 24.1 Å². The van der Waals surface area contributed by atoms with Gasteiger partial charge in [-0.2, -0.15) is 0 Å². The molecule has 0 spiro atoms. The maximum absolute atomic E-state index is 12.5. The molecule has 0 aliphatic heterocycles. The van der Waals surface area contributed by atoms with Gasteiger partial charge in [0.25, 0.3) is 11.8 Å². The normalized spacial score (nSPS) is 10.6. The van der Waals surface area contributed by atoms with Crippen LogP contribution in [0.25, 0.3) is 11.0 Å². The minimum atomic E-state index is -0.816. The highest BCUT2D eigenvalue weighted by Gasteiger charge is 2.20. The number of nitrogens with one attached hydrogen (secondary N) is 2. The maximum atomic E-state index is 12.5. The van der Waals surface area contributed by atoms with E-state index in [1.807, 2.05) is 0 Å². The standard InChI is InChI=1S/C17H14N4O4/c1-21(16(24)9-2-5-11(18)6-3-9)17(25)10-4-7-12-13(8-10)20-15(23)14(22)19-12/h2-8H,18H2,1H3,(H,19,22)(H,20,23). The van der Waals surface area contributed by atoms with E-state index in [1.54, 1.807) is 12.1 Å². The second-order valence-corrected chi connectivity index (χ2v) is 5.46. The lowest BCUT2D eigenvalue weighted by Crippen LogP contribution is -2.33. The molecule has 25 heavy (non-hydrogen) atoms. The van der Waals surface area contributed by atoms with Crippen LogP contribution in [0.3, 0.4) is 0 Å². The number of nitrogens with zero attached hydrogens (tertiary/aromatic N) is 1. The quantitative estimate of drug-likeness (QED) is 0.360. The highest BCUT2D eigenvalue weighted by atomic mass is 16.2. The Morgan fingerprint density at radius 3 is 2.00 bits per heavy atom. The van der Waals surface area contributed by atoms with Gasteiger partial charge in [0.2, 0.25) is 0 Å². The fourth-order valence-electron chi connectivity index (χ4n) is 2.35. The number of fused-ring (bicyclic) bond motifs is 1. The largest absolute Gasteiger partial charge is 0.399 e. The number of nitrogen functional groups attached to an aromatic ring is 1. The van der Waals surface area contributed by atoms with Gasteiger partial charge in [0.05, 0.1) is 11.0 Å². The number of carbonyl (C=O) groups is 2. The first-order valence-corrected chi connectivity index (χ1v) is 7.31. The number of benzene rings is 2. The van der Waals surface area contributed by atoms with Gasteiger partial charge >= 0.3 is 11.1 Å². The van der Waals surface area contributed by atoms with Crippen molar-refractivity contribution in [2.24, 2.45) is 0 Å². The number of aromatic amines is 2. The van der Waals surface area contributed by atoms with E-state index in [0.29, 0.717) is 22.3 Å². The van der Waals surface area contributed by atoms with Gasteiger partial charge in [0, 0.05) is 23.9 Å². The fourth-order valence-corrected chi connectivity index (χ4v) is 2.35. The molecule has 0 aliphatic rings. The molecule has 3 aromatic rings. The minimum absolute atomic E-state index is 0.196. The van der Waals surface area contributed by atoms with E-state index in [4.69, 9.17) is 5.73 Å². The molecule has 2 amide bonds. The minimum Gasteiger partial charge on any atom is -0.399 e. The van der Waals surface area contributed by atoms with Crippen LogP contribution in [0.4, 0.5) is 5.69 Å². The number of aromatic nitrogens is 2. The zero-order valence-electron chi connectivity index (χ0n) is 13.2. The van der Waals surface area contributed by atoms with Gasteiger partial charge in [-0.25, -0.2) is 0 Å². The van der Waals surface area contributed by atoms with Crippen LogP contribution < -0.4 is 16.9 Å². The van der Waals surface area contributed by atoms with Crippen LogP contribution in [0.15, 0.2) is 52.1 Å². The Kier molecular flexibility index (Phi) is 3.94. The van der Waals surface area contributed by atoms with Gasteiger partial charge in [-0.1, -0.05) is 0 Å². The first kappa shape index (κ1) is 16.2. The number of hydrogen-bond acceptors (Lipinski definition) is 5. The third-order valence-electron chi connectivity index (χ3n) is 3.74. The lowest BCUT2D eigenvalue weighted by atomic mass is 10.1. The van der Waals surface area contributed by atoms with Crippen LogP contribution >= 0.6 is 0 Å². The van der Waals surface area contributed by atoms with Crippen LogP contribution in [0.2, 0.25) is 0 Å². The van der Waals surface area contributed by atoms with Crippen LogP contribution in [-0.2, 0) is 0 Å². The zero-order valence-corrected chi connectivity index (χ0v) is 13.2. The molecule has 0 radical (unpaired) electrons. The predicted molar refractivity (Wildman–Crippen MR) is 92.5 cm³/mol. The number of carbonyl (C=O) groups excluding carboxylic acids is 2. The highest BCUT2D eigenvalue weighted by Crippen LogP contribution is 2.14. The van der Waals surface area contributed by atoms with Crippen LogP contribution in [0, 0.1) is 0 Å². The molecule has 2 aromatic carbocycles. The van der Waals surface area contributed by atoms with E-state index < -0.39 is 22.9 Å². The summed E-state index contributed by atoms with van der Waals surface area (Å²) in [4.78, 5) is 53.4. The summed E-state index contributed by atoms with van der Waals surface area (Å²) in [5.41, 5.74) is 5.70. The molecule has 126 valence electrons. The van der Waals surface area contributed by atoms with Crippen LogP contribution in [0.1, 0.15) is 20.7 Å². The Morgan fingerprint density at radius 2 is 1.36 bits per heavy atom. The van der Waals surface area contributed by atoms with E-state index in [1.165, 1.54) is 37.4 Å². The Morgan fingerprint density at radius 1 is 0.840 bits per heavy atom. The topological polar surface area (TPSA) is 129 Å². The number of imide groups is 1. The zero-order chi connectivity index (χ0) is 18.1. The second-order valence-electron chi connectivity index (χ2n) is 5.46. The van der Waals surface area contributed by atoms with E-state index in [0.717, 1.165) is 4.90 Å². The third kappa shape index (κ3) is 3.05. The molecule has 0 saturated carbocycles. The summed E-state index contributed by atoms with van der Waals surface area (Å²) in [7, 11) is 1.36. The van der Waals surface area contributed by atoms with E-state index in [2.05, 4.69) is 9.97 Å². The smallest absolute Gasteiger partial charge is 0.314 e. The number of hydrogen-bond donors (Lipinski definition) is 3. The van der Waals surface area contributed by atoms with Crippen molar-refractivity contribution in [2.45, 2.75) is 0 Å². The molecule has 0 fully saturated rings. The first-order valence-electron chi connectivity index (χ1n) is 7.31. The van der Waals surface area contributed by atoms with Gasteiger partial charge in [-0.05, 0) is 42.5 Å². The van der Waals surface area contributed by atoms with E-state index in [-0.39, 0.29) is 5.56 Å². The average Bonchev–Trinajstić information content (AvgIpc) is 2.61. The summed E-state index contributed by atoms with van der Waals surface area (Å²) in [6, 6.07) is 10.6. The molecule has 8 heteroatoms. The summed E-state index contributed by atoms with van der Waals surface area (Å²) >= 11 is 0.